The molecule has 0 aliphatic carbocycles. The first-order chi connectivity index (χ1) is 12.4. The van der Waals surface area contributed by atoms with Gasteiger partial charge in [0.1, 0.15) is 0 Å². The van der Waals surface area contributed by atoms with Crippen LogP contribution >= 0.6 is 15.9 Å². The van der Waals surface area contributed by atoms with Crippen LogP contribution in [0.3, 0.4) is 0 Å². The molecule has 7 heteroatoms. The van der Waals surface area contributed by atoms with Crippen molar-refractivity contribution in [2.24, 2.45) is 0 Å². The molecule has 0 N–H and O–H groups in total. The molecule has 25 heavy (non-hydrogen) atoms. The second-order valence-corrected chi connectivity index (χ2v) is 6.66. The minimum atomic E-state index is -0.0379. The SMILES string of the molecule is BrCCCCCOCCOCCOCCOCCOC1CCCCO1. The van der Waals surface area contributed by atoms with Gasteiger partial charge in [-0.15, -0.1) is 0 Å². The van der Waals surface area contributed by atoms with Crippen LogP contribution < -0.4 is 0 Å². The van der Waals surface area contributed by atoms with Crippen LogP contribution in [0, 0.1) is 0 Å². The van der Waals surface area contributed by atoms with Gasteiger partial charge in [-0.25, -0.2) is 0 Å². The summed E-state index contributed by atoms with van der Waals surface area (Å²) in [7, 11) is 0. The van der Waals surface area contributed by atoms with Gasteiger partial charge in [-0.3, -0.25) is 0 Å². The lowest BCUT2D eigenvalue weighted by Crippen LogP contribution is -2.24. The first-order valence-corrected chi connectivity index (χ1v) is 10.7. The minimum Gasteiger partial charge on any atom is -0.379 e. The topological polar surface area (TPSA) is 55.4 Å². The molecule has 0 aromatic carbocycles. The molecule has 0 amide bonds. The van der Waals surface area contributed by atoms with Crippen molar-refractivity contribution in [2.45, 2.75) is 44.8 Å². The fourth-order valence-corrected chi connectivity index (χ4v) is 2.71. The Morgan fingerprint density at radius 2 is 1.28 bits per heavy atom. The predicted octanol–water partition coefficient (Wildman–Crippen LogP) is 3.16. The summed E-state index contributed by atoms with van der Waals surface area (Å²) in [5, 5.41) is 1.07. The molecular formula is C18H35BrO6. The third-order valence-corrected chi connectivity index (χ3v) is 4.27. The van der Waals surface area contributed by atoms with Crippen LogP contribution in [-0.4, -0.2) is 77.7 Å². The van der Waals surface area contributed by atoms with E-state index >= 15 is 0 Å². The van der Waals surface area contributed by atoms with Crippen molar-refractivity contribution in [2.75, 3.05) is 71.4 Å². The average Bonchev–Trinajstić information content (AvgIpc) is 2.65. The van der Waals surface area contributed by atoms with Crippen molar-refractivity contribution in [1.29, 1.82) is 0 Å². The zero-order chi connectivity index (χ0) is 17.8. The van der Waals surface area contributed by atoms with E-state index in [1.165, 1.54) is 19.3 Å². The molecule has 1 rings (SSSR count). The highest BCUT2D eigenvalue weighted by Crippen LogP contribution is 2.13. The van der Waals surface area contributed by atoms with Crippen molar-refractivity contribution >= 4 is 15.9 Å². The van der Waals surface area contributed by atoms with Gasteiger partial charge in [-0.2, -0.15) is 0 Å². The van der Waals surface area contributed by atoms with E-state index in [9.17, 15) is 0 Å². The summed E-state index contributed by atoms with van der Waals surface area (Å²) < 4.78 is 32.9. The summed E-state index contributed by atoms with van der Waals surface area (Å²) in [5.74, 6) is 0. The van der Waals surface area contributed by atoms with Crippen molar-refractivity contribution in [3.8, 4) is 0 Å². The predicted molar refractivity (Wildman–Crippen MR) is 100 cm³/mol. The molecule has 0 spiro atoms. The van der Waals surface area contributed by atoms with E-state index in [1.54, 1.807) is 0 Å². The molecule has 1 aliphatic heterocycles. The van der Waals surface area contributed by atoms with Crippen LogP contribution in [0.4, 0.5) is 0 Å². The smallest absolute Gasteiger partial charge is 0.157 e. The molecule has 0 bridgehead atoms. The monoisotopic (exact) mass is 426 g/mol. The number of rotatable bonds is 18. The molecule has 150 valence electrons. The Bertz CT molecular complexity index is 264. The van der Waals surface area contributed by atoms with E-state index in [0.717, 1.165) is 37.8 Å². The number of halogens is 1. The van der Waals surface area contributed by atoms with E-state index in [-0.39, 0.29) is 6.29 Å². The molecule has 1 aliphatic rings. The van der Waals surface area contributed by atoms with Crippen molar-refractivity contribution in [3.63, 3.8) is 0 Å². The van der Waals surface area contributed by atoms with Gasteiger partial charge in [0.05, 0.1) is 52.9 Å². The second-order valence-electron chi connectivity index (χ2n) is 5.87. The van der Waals surface area contributed by atoms with Gasteiger partial charge in [-0.05, 0) is 32.1 Å². The quantitative estimate of drug-likeness (QED) is 0.248. The standard InChI is InChI=1S/C18H35BrO6/c19-7-3-1-4-8-20-10-11-21-12-13-22-14-15-23-16-17-25-18-6-2-5-9-24-18/h18H,1-17H2. The number of hydrogen-bond acceptors (Lipinski definition) is 6. The highest BCUT2D eigenvalue weighted by Gasteiger charge is 2.13. The molecule has 1 atom stereocenters. The Balaban J connectivity index is 1.65. The third-order valence-electron chi connectivity index (χ3n) is 3.71. The summed E-state index contributed by atoms with van der Waals surface area (Å²) in [5.41, 5.74) is 0. The van der Waals surface area contributed by atoms with Gasteiger partial charge in [0.2, 0.25) is 0 Å². The molecule has 1 fully saturated rings. The lowest BCUT2D eigenvalue weighted by atomic mass is 10.2. The lowest BCUT2D eigenvalue weighted by molar-refractivity contribution is -0.169. The summed E-state index contributed by atoms with van der Waals surface area (Å²) >= 11 is 3.42. The number of hydrogen-bond donors (Lipinski definition) is 0. The Morgan fingerprint density at radius 1 is 0.680 bits per heavy atom. The van der Waals surface area contributed by atoms with Gasteiger partial charge >= 0.3 is 0 Å². The lowest BCUT2D eigenvalue weighted by Gasteiger charge is -2.22. The largest absolute Gasteiger partial charge is 0.379 e. The number of unbranched alkanes of at least 4 members (excludes halogenated alkanes) is 2. The molecule has 0 aromatic rings. The van der Waals surface area contributed by atoms with Crippen LogP contribution in [0.2, 0.25) is 0 Å². The van der Waals surface area contributed by atoms with Crippen molar-refractivity contribution < 1.29 is 28.4 Å². The fourth-order valence-electron chi connectivity index (χ4n) is 2.32. The van der Waals surface area contributed by atoms with Gasteiger partial charge in [0, 0.05) is 18.5 Å². The summed E-state index contributed by atoms with van der Waals surface area (Å²) in [6.45, 7) is 6.39. The zero-order valence-electron chi connectivity index (χ0n) is 15.4. The van der Waals surface area contributed by atoms with E-state index in [1.807, 2.05) is 0 Å². The van der Waals surface area contributed by atoms with Crippen molar-refractivity contribution in [1.82, 2.24) is 0 Å². The first kappa shape index (κ1) is 23.3. The van der Waals surface area contributed by atoms with Gasteiger partial charge in [0.25, 0.3) is 0 Å². The Morgan fingerprint density at radius 3 is 1.84 bits per heavy atom. The van der Waals surface area contributed by atoms with Crippen LogP contribution in [0.5, 0.6) is 0 Å². The fraction of sp³-hybridized carbons (Fsp3) is 1.00. The highest BCUT2D eigenvalue weighted by molar-refractivity contribution is 9.09. The zero-order valence-corrected chi connectivity index (χ0v) is 17.0. The Kier molecular flexibility index (Phi) is 17.7. The first-order valence-electron chi connectivity index (χ1n) is 9.53. The van der Waals surface area contributed by atoms with Crippen LogP contribution in [0.1, 0.15) is 38.5 Å². The molecule has 1 unspecified atom stereocenters. The summed E-state index contributed by atoms with van der Waals surface area (Å²) in [6.07, 6.45) is 6.82. The van der Waals surface area contributed by atoms with E-state index in [4.69, 9.17) is 28.4 Å². The highest BCUT2D eigenvalue weighted by atomic mass is 79.9. The molecule has 6 nitrogen and oxygen atoms in total. The van der Waals surface area contributed by atoms with Crippen LogP contribution in [-0.2, 0) is 28.4 Å². The summed E-state index contributed by atoms with van der Waals surface area (Å²) in [6, 6.07) is 0. The minimum absolute atomic E-state index is 0.0379. The maximum Gasteiger partial charge on any atom is 0.157 e. The van der Waals surface area contributed by atoms with Crippen molar-refractivity contribution in [3.05, 3.63) is 0 Å². The van der Waals surface area contributed by atoms with E-state index < -0.39 is 0 Å². The summed E-state index contributed by atoms with van der Waals surface area (Å²) in [4.78, 5) is 0. The second kappa shape index (κ2) is 19.0. The molecule has 1 saturated heterocycles. The van der Waals surface area contributed by atoms with Gasteiger partial charge in [-0.1, -0.05) is 22.4 Å². The Labute approximate surface area is 160 Å². The molecule has 0 saturated carbocycles. The van der Waals surface area contributed by atoms with E-state index in [0.29, 0.717) is 52.9 Å². The van der Waals surface area contributed by atoms with E-state index in [2.05, 4.69) is 15.9 Å². The average molecular weight is 427 g/mol. The maximum absolute atomic E-state index is 5.58. The molecule has 0 radical (unpaired) electrons. The maximum atomic E-state index is 5.58. The third kappa shape index (κ3) is 16.2. The number of alkyl halides is 1. The van der Waals surface area contributed by atoms with Crippen LogP contribution in [0.15, 0.2) is 0 Å². The van der Waals surface area contributed by atoms with Gasteiger partial charge in [0.15, 0.2) is 6.29 Å². The van der Waals surface area contributed by atoms with Crippen LogP contribution in [0.25, 0.3) is 0 Å². The Hall–Kier alpha value is 0.240. The normalized spacial score (nSPS) is 17.9. The molecular weight excluding hydrogens is 392 g/mol. The van der Waals surface area contributed by atoms with Gasteiger partial charge < -0.3 is 28.4 Å². The molecule has 1 heterocycles. The number of ether oxygens (including phenoxy) is 6. The molecule has 0 aromatic heterocycles.